The number of rotatable bonds is 5. The summed E-state index contributed by atoms with van der Waals surface area (Å²) in [6.07, 6.45) is -0.413. The van der Waals surface area contributed by atoms with E-state index in [2.05, 4.69) is 33.9 Å². The lowest BCUT2D eigenvalue weighted by atomic mass is 10.0. The third-order valence-electron chi connectivity index (χ3n) is 4.30. The lowest BCUT2D eigenvalue weighted by Crippen LogP contribution is -2.45. The van der Waals surface area contributed by atoms with Crippen LogP contribution < -0.4 is 0 Å². The van der Waals surface area contributed by atoms with E-state index in [1.165, 1.54) is 0 Å². The molecule has 0 aromatic heterocycles. The number of hydrogen-bond donors (Lipinski definition) is 1. The van der Waals surface area contributed by atoms with Crippen LogP contribution in [0.5, 0.6) is 0 Å². The topological polar surface area (TPSA) is 29.5 Å². The molecule has 0 saturated carbocycles. The van der Waals surface area contributed by atoms with Gasteiger partial charge in [0.05, 0.1) is 6.10 Å². The van der Waals surface area contributed by atoms with E-state index in [-0.39, 0.29) is 11.1 Å². The van der Waals surface area contributed by atoms with E-state index in [0.717, 1.165) is 0 Å². The fraction of sp³-hybridized carbons (Fsp3) is 0.625. The zero-order valence-corrected chi connectivity index (χ0v) is 16.2. The van der Waals surface area contributed by atoms with Crippen LogP contribution >= 0.6 is 23.2 Å². The predicted octanol–water partition coefficient (Wildman–Crippen LogP) is 5.83. The Kier molecular flexibility index (Phi) is 6.34. The molecular weight excluding hydrogens is 323 g/mol. The Morgan fingerprint density at radius 2 is 1.67 bits per heavy atom. The Morgan fingerprint density at radius 3 is 2.05 bits per heavy atom. The van der Waals surface area contributed by atoms with Crippen LogP contribution in [0.2, 0.25) is 28.2 Å². The molecule has 0 aliphatic heterocycles. The van der Waals surface area contributed by atoms with Gasteiger partial charge in [-0.3, -0.25) is 0 Å². The summed E-state index contributed by atoms with van der Waals surface area (Å²) in [5, 5.41) is 11.7. The molecule has 0 radical (unpaired) electrons. The van der Waals surface area contributed by atoms with Gasteiger partial charge < -0.3 is 9.53 Å². The third-order valence-corrected chi connectivity index (χ3v) is 9.47. The largest absolute Gasteiger partial charge is 0.411 e. The molecule has 5 heteroatoms. The van der Waals surface area contributed by atoms with Gasteiger partial charge in [-0.25, -0.2) is 0 Å². The highest BCUT2D eigenvalue weighted by Crippen LogP contribution is 2.41. The monoisotopic (exact) mass is 348 g/mol. The van der Waals surface area contributed by atoms with Crippen LogP contribution in [0, 0.1) is 0 Å². The maximum Gasteiger partial charge on any atom is 0.192 e. The predicted molar refractivity (Wildman–Crippen MR) is 93.8 cm³/mol. The fourth-order valence-electron chi connectivity index (χ4n) is 1.91. The van der Waals surface area contributed by atoms with Crippen molar-refractivity contribution in [3.63, 3.8) is 0 Å². The smallest absolute Gasteiger partial charge is 0.192 e. The van der Waals surface area contributed by atoms with Crippen molar-refractivity contribution in [1.29, 1.82) is 0 Å². The van der Waals surface area contributed by atoms with E-state index in [4.69, 9.17) is 27.6 Å². The first kappa shape index (κ1) is 19.0. The van der Waals surface area contributed by atoms with Crippen molar-refractivity contribution in [2.24, 2.45) is 0 Å². The van der Waals surface area contributed by atoms with Gasteiger partial charge in [0.2, 0.25) is 0 Å². The molecule has 0 heterocycles. The quantitative estimate of drug-likeness (QED) is 0.678. The van der Waals surface area contributed by atoms with Crippen LogP contribution in [0.25, 0.3) is 0 Å². The SMILES string of the molecule is CCC(O[Si](C)(C)C(C)(C)C)C(O)c1c(Cl)cccc1Cl. The zero-order chi connectivity index (χ0) is 16.4. The van der Waals surface area contributed by atoms with Gasteiger partial charge in [0.1, 0.15) is 6.10 Å². The van der Waals surface area contributed by atoms with Crippen LogP contribution in [-0.4, -0.2) is 19.5 Å². The molecule has 120 valence electrons. The summed E-state index contributed by atoms with van der Waals surface area (Å²) in [7, 11) is -1.97. The summed E-state index contributed by atoms with van der Waals surface area (Å²) in [4.78, 5) is 0. The zero-order valence-electron chi connectivity index (χ0n) is 13.7. The maximum absolute atomic E-state index is 10.7. The van der Waals surface area contributed by atoms with Crippen molar-refractivity contribution in [2.75, 3.05) is 0 Å². The maximum atomic E-state index is 10.7. The first-order valence-corrected chi connectivity index (χ1v) is 11.0. The van der Waals surface area contributed by atoms with Crippen molar-refractivity contribution in [3.05, 3.63) is 33.8 Å². The molecule has 21 heavy (non-hydrogen) atoms. The standard InChI is InChI=1S/C16H26Cl2O2Si/c1-7-13(20-21(5,6)16(2,3)4)15(19)14-11(17)9-8-10-12(14)18/h8-10,13,15,19H,7H2,1-6H3. The molecular formula is C16H26Cl2O2Si. The first-order chi connectivity index (χ1) is 9.51. The van der Waals surface area contributed by atoms with Crippen LogP contribution in [0.1, 0.15) is 45.8 Å². The van der Waals surface area contributed by atoms with Gasteiger partial charge in [-0.15, -0.1) is 0 Å². The lowest BCUT2D eigenvalue weighted by molar-refractivity contribution is 0.0245. The van der Waals surface area contributed by atoms with Crippen LogP contribution in [-0.2, 0) is 4.43 Å². The van der Waals surface area contributed by atoms with Crippen LogP contribution in [0.15, 0.2) is 18.2 Å². The highest BCUT2D eigenvalue weighted by Gasteiger charge is 2.40. The van der Waals surface area contributed by atoms with Gasteiger partial charge in [0, 0.05) is 15.6 Å². The van der Waals surface area contributed by atoms with E-state index < -0.39 is 14.4 Å². The van der Waals surface area contributed by atoms with Gasteiger partial charge in [0.25, 0.3) is 0 Å². The average Bonchev–Trinajstić information content (AvgIpc) is 2.34. The Bertz CT molecular complexity index is 463. The van der Waals surface area contributed by atoms with Gasteiger partial charge in [0.15, 0.2) is 8.32 Å². The molecule has 1 N–H and O–H groups in total. The second-order valence-corrected chi connectivity index (χ2v) is 12.5. The minimum Gasteiger partial charge on any atom is -0.411 e. The van der Waals surface area contributed by atoms with Crippen molar-refractivity contribution in [3.8, 4) is 0 Å². The highest BCUT2D eigenvalue weighted by molar-refractivity contribution is 6.74. The molecule has 0 saturated heterocycles. The number of aliphatic hydroxyl groups is 1. The normalized spacial score (nSPS) is 15.9. The summed E-state index contributed by atoms with van der Waals surface area (Å²) in [5.41, 5.74) is 0.561. The van der Waals surface area contributed by atoms with Crippen LogP contribution in [0.3, 0.4) is 0 Å². The number of aliphatic hydroxyl groups excluding tert-OH is 1. The summed E-state index contributed by atoms with van der Waals surface area (Å²) in [5.74, 6) is 0. The third kappa shape index (κ3) is 4.46. The molecule has 0 amide bonds. The van der Waals surface area contributed by atoms with Gasteiger partial charge in [-0.05, 0) is 36.7 Å². The van der Waals surface area contributed by atoms with E-state index in [9.17, 15) is 5.11 Å². The number of hydrogen-bond acceptors (Lipinski definition) is 2. The highest BCUT2D eigenvalue weighted by atomic mass is 35.5. The summed E-state index contributed by atoms with van der Waals surface area (Å²) in [6, 6.07) is 5.26. The molecule has 1 aromatic rings. The molecule has 2 atom stereocenters. The average molecular weight is 349 g/mol. The summed E-state index contributed by atoms with van der Waals surface area (Å²) in [6.45, 7) is 12.9. The molecule has 1 aromatic carbocycles. The second kappa shape index (κ2) is 7.01. The van der Waals surface area contributed by atoms with Crippen molar-refractivity contribution in [1.82, 2.24) is 0 Å². The van der Waals surface area contributed by atoms with E-state index >= 15 is 0 Å². The molecule has 2 unspecified atom stereocenters. The Labute approximate surface area is 139 Å². The summed E-state index contributed by atoms with van der Waals surface area (Å²) >= 11 is 12.4. The second-order valence-electron chi connectivity index (χ2n) is 6.91. The van der Waals surface area contributed by atoms with Crippen molar-refractivity contribution >= 4 is 31.5 Å². The Hall–Kier alpha value is -0.0631. The number of benzene rings is 1. The molecule has 2 nitrogen and oxygen atoms in total. The molecule has 0 spiro atoms. The van der Waals surface area contributed by atoms with Crippen molar-refractivity contribution < 1.29 is 9.53 Å². The van der Waals surface area contributed by atoms with Gasteiger partial charge in [-0.1, -0.05) is 57.0 Å². The van der Waals surface area contributed by atoms with Gasteiger partial charge >= 0.3 is 0 Å². The Balaban J connectivity index is 3.06. The number of halogens is 2. The molecule has 0 aliphatic carbocycles. The minimum atomic E-state index is -1.97. The van der Waals surface area contributed by atoms with E-state index in [1.807, 2.05) is 6.92 Å². The molecule has 0 bridgehead atoms. The molecule has 1 rings (SSSR count). The molecule has 0 aliphatic rings. The van der Waals surface area contributed by atoms with E-state index in [0.29, 0.717) is 22.0 Å². The Morgan fingerprint density at radius 1 is 1.19 bits per heavy atom. The van der Waals surface area contributed by atoms with E-state index in [1.54, 1.807) is 18.2 Å². The minimum absolute atomic E-state index is 0.0877. The van der Waals surface area contributed by atoms with Gasteiger partial charge in [-0.2, -0.15) is 0 Å². The van der Waals surface area contributed by atoms with Crippen LogP contribution in [0.4, 0.5) is 0 Å². The van der Waals surface area contributed by atoms with Crippen molar-refractivity contribution in [2.45, 2.75) is 64.5 Å². The molecule has 0 fully saturated rings. The fourth-order valence-corrected chi connectivity index (χ4v) is 3.93. The summed E-state index contributed by atoms with van der Waals surface area (Å²) < 4.78 is 6.35. The first-order valence-electron chi connectivity index (χ1n) is 7.31. The lowest BCUT2D eigenvalue weighted by Gasteiger charge is -2.40.